The fourth-order valence-electron chi connectivity index (χ4n) is 2.65. The number of benzene rings is 2. The third kappa shape index (κ3) is 5.90. The first-order valence-electron chi connectivity index (χ1n) is 9.36. The molecule has 33 heavy (non-hydrogen) atoms. The SMILES string of the molecule is COc1cc2c(Nc3ccc(Cl)cc3F)nc(OC(=O)C(F)(F)F)nc2cc1OCCCN. The van der Waals surface area contributed by atoms with Gasteiger partial charge in [-0.3, -0.25) is 0 Å². The van der Waals surface area contributed by atoms with Crippen molar-refractivity contribution in [3.05, 3.63) is 41.2 Å². The Labute approximate surface area is 189 Å². The molecule has 0 atom stereocenters. The summed E-state index contributed by atoms with van der Waals surface area (Å²) in [6, 6.07) is 5.63. The molecule has 0 bridgehead atoms. The lowest BCUT2D eigenvalue weighted by molar-refractivity contribution is -0.190. The van der Waals surface area contributed by atoms with Gasteiger partial charge in [0.2, 0.25) is 0 Å². The van der Waals surface area contributed by atoms with Gasteiger partial charge in [0, 0.05) is 16.5 Å². The first-order chi connectivity index (χ1) is 15.6. The fourth-order valence-corrected chi connectivity index (χ4v) is 2.81. The number of methoxy groups -OCH3 is 1. The number of carbonyl (C=O) groups is 1. The monoisotopic (exact) mass is 488 g/mol. The molecular formula is C20H17ClF4N4O4. The molecule has 0 spiro atoms. The fraction of sp³-hybridized carbons (Fsp3) is 0.250. The highest BCUT2D eigenvalue weighted by molar-refractivity contribution is 6.30. The minimum absolute atomic E-state index is 0.0374. The molecule has 0 aliphatic heterocycles. The van der Waals surface area contributed by atoms with Crippen molar-refractivity contribution >= 4 is 40.0 Å². The van der Waals surface area contributed by atoms with Crippen LogP contribution in [0.5, 0.6) is 17.5 Å². The van der Waals surface area contributed by atoms with Crippen LogP contribution in [0.15, 0.2) is 30.3 Å². The van der Waals surface area contributed by atoms with Crippen LogP contribution in [-0.2, 0) is 4.79 Å². The molecule has 0 unspecified atom stereocenters. The van der Waals surface area contributed by atoms with Gasteiger partial charge >= 0.3 is 18.2 Å². The summed E-state index contributed by atoms with van der Waals surface area (Å²) in [6.45, 7) is 0.608. The van der Waals surface area contributed by atoms with Gasteiger partial charge in [-0.25, -0.2) is 9.18 Å². The number of hydrogen-bond donors (Lipinski definition) is 2. The molecule has 1 aromatic heterocycles. The molecule has 0 aliphatic carbocycles. The van der Waals surface area contributed by atoms with Gasteiger partial charge in [-0.2, -0.15) is 23.1 Å². The Kier molecular flexibility index (Phi) is 7.39. The summed E-state index contributed by atoms with van der Waals surface area (Å²) >= 11 is 5.75. The van der Waals surface area contributed by atoms with Crippen molar-refractivity contribution in [1.29, 1.82) is 0 Å². The van der Waals surface area contributed by atoms with E-state index in [0.29, 0.717) is 13.0 Å². The van der Waals surface area contributed by atoms with E-state index >= 15 is 0 Å². The van der Waals surface area contributed by atoms with Gasteiger partial charge in [0.05, 0.1) is 24.9 Å². The topological polar surface area (TPSA) is 109 Å². The highest BCUT2D eigenvalue weighted by Crippen LogP contribution is 2.37. The summed E-state index contributed by atoms with van der Waals surface area (Å²) in [5.74, 6) is -2.95. The molecule has 0 amide bonds. The lowest BCUT2D eigenvalue weighted by Gasteiger charge is -2.15. The average Bonchev–Trinajstić information content (AvgIpc) is 2.74. The summed E-state index contributed by atoms with van der Waals surface area (Å²) in [7, 11) is 1.38. The van der Waals surface area contributed by atoms with Gasteiger partial charge < -0.3 is 25.3 Å². The number of nitrogens with zero attached hydrogens (tertiary/aromatic N) is 2. The van der Waals surface area contributed by atoms with Crippen molar-refractivity contribution in [3.8, 4) is 17.5 Å². The number of rotatable bonds is 8. The van der Waals surface area contributed by atoms with Crippen LogP contribution < -0.4 is 25.3 Å². The molecule has 0 aliphatic rings. The average molecular weight is 489 g/mol. The molecule has 0 saturated heterocycles. The lowest BCUT2D eigenvalue weighted by Crippen LogP contribution is -2.28. The minimum Gasteiger partial charge on any atom is -0.493 e. The standard InChI is InChI=1S/C20H17ClF4N4O4/c1-31-15-8-11-14(9-16(15)32-6-2-5-26)28-19(33-18(30)20(23,24)25)29-17(11)27-13-4-3-10(21)7-12(13)22/h3-4,7-9H,2,5-6,26H2,1H3,(H,27,28,29). The Morgan fingerprint density at radius 3 is 2.58 bits per heavy atom. The number of fused-ring (bicyclic) bond motifs is 1. The molecule has 3 rings (SSSR count). The molecule has 3 aromatic rings. The molecule has 3 N–H and O–H groups in total. The van der Waals surface area contributed by atoms with Crippen LogP contribution in [0.25, 0.3) is 10.9 Å². The normalized spacial score (nSPS) is 11.4. The number of nitrogens with one attached hydrogen (secondary N) is 1. The van der Waals surface area contributed by atoms with Crippen LogP contribution >= 0.6 is 11.6 Å². The smallest absolute Gasteiger partial charge is 0.491 e. The first kappa shape index (κ1) is 24.3. The van der Waals surface area contributed by atoms with Crippen molar-refractivity contribution < 1.29 is 36.6 Å². The molecule has 8 nitrogen and oxygen atoms in total. The Morgan fingerprint density at radius 1 is 1.18 bits per heavy atom. The number of carbonyl (C=O) groups excluding carboxylic acids is 1. The second kappa shape index (κ2) is 10.0. The van der Waals surface area contributed by atoms with E-state index in [-0.39, 0.29) is 45.5 Å². The summed E-state index contributed by atoms with van der Waals surface area (Å²) in [6.07, 6.45) is -4.74. The Morgan fingerprint density at radius 2 is 1.94 bits per heavy atom. The summed E-state index contributed by atoms with van der Waals surface area (Å²) in [5, 5.41) is 3.00. The Bertz CT molecular complexity index is 1180. The van der Waals surface area contributed by atoms with Crippen molar-refractivity contribution in [3.63, 3.8) is 0 Å². The van der Waals surface area contributed by atoms with Gasteiger partial charge in [-0.05, 0) is 37.2 Å². The van der Waals surface area contributed by atoms with Crippen LogP contribution in [0.4, 0.5) is 29.1 Å². The van der Waals surface area contributed by atoms with E-state index in [1.807, 2.05) is 0 Å². The van der Waals surface area contributed by atoms with Crippen LogP contribution in [0.2, 0.25) is 5.02 Å². The zero-order chi connectivity index (χ0) is 24.2. The van der Waals surface area contributed by atoms with Gasteiger partial charge in [-0.15, -0.1) is 0 Å². The third-order valence-electron chi connectivity index (χ3n) is 4.17. The minimum atomic E-state index is -5.27. The quantitative estimate of drug-likeness (QED) is 0.273. The van der Waals surface area contributed by atoms with Crippen molar-refractivity contribution in [1.82, 2.24) is 9.97 Å². The van der Waals surface area contributed by atoms with E-state index in [4.69, 9.17) is 26.8 Å². The number of ether oxygens (including phenoxy) is 3. The lowest BCUT2D eigenvalue weighted by atomic mass is 10.2. The molecule has 176 valence electrons. The van der Waals surface area contributed by atoms with Crippen molar-refractivity contribution in [2.24, 2.45) is 5.73 Å². The number of anilines is 2. The van der Waals surface area contributed by atoms with E-state index < -0.39 is 24.0 Å². The molecule has 0 fully saturated rings. The number of nitrogens with two attached hydrogens (primary N) is 1. The number of hydrogen-bond acceptors (Lipinski definition) is 8. The molecule has 1 heterocycles. The molecule has 2 aromatic carbocycles. The highest BCUT2D eigenvalue weighted by Gasteiger charge is 2.42. The maximum Gasteiger partial charge on any atom is 0.491 e. The van der Waals surface area contributed by atoms with Crippen LogP contribution in [-0.4, -0.2) is 42.4 Å². The van der Waals surface area contributed by atoms with E-state index in [0.717, 1.165) is 6.07 Å². The van der Waals surface area contributed by atoms with E-state index in [9.17, 15) is 22.4 Å². The number of halogens is 5. The second-order valence-electron chi connectivity index (χ2n) is 6.50. The first-order valence-corrected chi connectivity index (χ1v) is 9.74. The largest absolute Gasteiger partial charge is 0.493 e. The van der Waals surface area contributed by atoms with Gasteiger partial charge in [-0.1, -0.05) is 11.6 Å². The van der Waals surface area contributed by atoms with Gasteiger partial charge in [0.1, 0.15) is 11.6 Å². The zero-order valence-corrected chi connectivity index (χ0v) is 17.8. The van der Waals surface area contributed by atoms with Crippen molar-refractivity contribution in [2.75, 3.05) is 25.6 Å². The van der Waals surface area contributed by atoms with Gasteiger partial charge in [0.15, 0.2) is 11.5 Å². The van der Waals surface area contributed by atoms with Crippen molar-refractivity contribution in [2.45, 2.75) is 12.6 Å². The van der Waals surface area contributed by atoms with Crippen LogP contribution in [0, 0.1) is 5.82 Å². The molecule has 13 heteroatoms. The summed E-state index contributed by atoms with van der Waals surface area (Å²) < 4.78 is 67.5. The molecule has 0 saturated carbocycles. The van der Waals surface area contributed by atoms with Crippen LogP contribution in [0.1, 0.15) is 6.42 Å². The summed E-state index contributed by atoms with van der Waals surface area (Å²) in [4.78, 5) is 19.0. The number of alkyl halides is 3. The maximum atomic E-state index is 14.3. The Balaban J connectivity index is 2.12. The number of esters is 1. The summed E-state index contributed by atoms with van der Waals surface area (Å²) in [5.41, 5.74) is 5.40. The highest BCUT2D eigenvalue weighted by atomic mass is 35.5. The third-order valence-corrected chi connectivity index (χ3v) is 4.40. The maximum absolute atomic E-state index is 14.3. The Hall–Kier alpha value is -3.38. The molecule has 0 radical (unpaired) electrons. The van der Waals surface area contributed by atoms with Gasteiger partial charge in [0.25, 0.3) is 0 Å². The zero-order valence-electron chi connectivity index (χ0n) is 17.0. The molecular weight excluding hydrogens is 472 g/mol. The second-order valence-corrected chi connectivity index (χ2v) is 6.94. The predicted molar refractivity (Wildman–Crippen MR) is 112 cm³/mol. The van der Waals surface area contributed by atoms with E-state index in [2.05, 4.69) is 20.0 Å². The predicted octanol–water partition coefficient (Wildman–Crippen LogP) is 4.37. The van der Waals surface area contributed by atoms with Crippen LogP contribution in [0.3, 0.4) is 0 Å². The van der Waals surface area contributed by atoms with E-state index in [1.165, 1.54) is 31.4 Å². The number of aromatic nitrogens is 2. The van der Waals surface area contributed by atoms with E-state index in [1.54, 1.807) is 0 Å².